The Kier molecular flexibility index (Phi) is 6.64. The molecule has 1 fully saturated rings. The molecule has 7 nitrogen and oxygen atoms in total. The second-order valence-electron chi connectivity index (χ2n) is 6.36. The van der Waals surface area contributed by atoms with Gasteiger partial charge in [0.15, 0.2) is 5.82 Å². The lowest BCUT2D eigenvalue weighted by Gasteiger charge is -2.25. The molecule has 0 saturated carbocycles. The van der Waals surface area contributed by atoms with Crippen LogP contribution in [0.25, 0.3) is 28.2 Å². The fourth-order valence-corrected chi connectivity index (χ4v) is 3.44. The van der Waals surface area contributed by atoms with Crippen LogP contribution in [0.3, 0.4) is 0 Å². The highest BCUT2D eigenvalue weighted by Gasteiger charge is 2.21. The summed E-state index contributed by atoms with van der Waals surface area (Å²) in [5.41, 5.74) is 3.38. The first kappa shape index (κ1) is 21.4. The number of rotatable bonds is 3. The topological polar surface area (TPSA) is 72.0 Å². The van der Waals surface area contributed by atoms with Crippen LogP contribution in [0.2, 0.25) is 5.02 Å². The van der Waals surface area contributed by atoms with E-state index in [0.717, 1.165) is 42.9 Å². The molecule has 0 radical (unpaired) electrons. The Hall–Kier alpha value is -2.32. The first-order valence-corrected chi connectivity index (χ1v) is 9.17. The number of oxazole rings is 1. The molecular weight excluding hydrogens is 435 g/mol. The quantitative estimate of drug-likeness (QED) is 0.506. The summed E-state index contributed by atoms with van der Waals surface area (Å²) in [5.74, 6) is 0.713. The van der Waals surface area contributed by atoms with Crippen molar-refractivity contribution in [3.05, 3.63) is 54.0 Å². The van der Waals surface area contributed by atoms with Crippen molar-refractivity contribution >= 4 is 53.5 Å². The fourth-order valence-electron chi connectivity index (χ4n) is 3.32. The third-order valence-corrected chi connectivity index (χ3v) is 4.90. The minimum atomic E-state index is 0. The zero-order valence-corrected chi connectivity index (χ0v) is 17.7. The first-order chi connectivity index (χ1) is 13.3. The molecule has 5 rings (SSSR count). The average Bonchev–Trinajstić information content (AvgIpc) is 3.34. The van der Waals surface area contributed by atoms with Gasteiger partial charge in [-0.15, -0.1) is 24.8 Å². The van der Waals surface area contributed by atoms with Gasteiger partial charge in [-0.3, -0.25) is 9.55 Å². The molecule has 0 amide bonds. The summed E-state index contributed by atoms with van der Waals surface area (Å²) >= 11 is 6.06. The first-order valence-electron chi connectivity index (χ1n) is 8.79. The SMILES string of the molecule is Cl.Cl.Clc1ccc(-n2c(-c3coc(N4CCNCC4)n3)nc3ccncc32)cc1. The largest absolute Gasteiger partial charge is 0.431 e. The van der Waals surface area contributed by atoms with Crippen molar-refractivity contribution in [1.29, 1.82) is 0 Å². The van der Waals surface area contributed by atoms with E-state index in [4.69, 9.17) is 26.0 Å². The Bertz CT molecular complexity index is 1090. The zero-order chi connectivity index (χ0) is 18.2. The Morgan fingerprint density at radius 1 is 1.00 bits per heavy atom. The number of anilines is 1. The molecule has 1 N–H and O–H groups in total. The highest BCUT2D eigenvalue weighted by atomic mass is 35.5. The van der Waals surface area contributed by atoms with Crippen molar-refractivity contribution in [3.63, 3.8) is 0 Å². The summed E-state index contributed by atoms with van der Waals surface area (Å²) in [6, 6.07) is 10.1. The summed E-state index contributed by atoms with van der Waals surface area (Å²) in [5, 5.41) is 4.02. The molecule has 0 atom stereocenters. The summed E-state index contributed by atoms with van der Waals surface area (Å²) in [4.78, 5) is 15.9. The molecule has 0 unspecified atom stereocenters. The molecule has 0 aliphatic carbocycles. The van der Waals surface area contributed by atoms with Crippen LogP contribution in [-0.2, 0) is 0 Å². The predicted molar refractivity (Wildman–Crippen MR) is 119 cm³/mol. The van der Waals surface area contributed by atoms with Gasteiger partial charge >= 0.3 is 0 Å². The van der Waals surface area contributed by atoms with E-state index in [1.807, 2.05) is 34.9 Å². The molecule has 0 spiro atoms. The van der Waals surface area contributed by atoms with Crippen LogP contribution >= 0.6 is 36.4 Å². The number of nitrogens with zero attached hydrogens (tertiary/aromatic N) is 5. The van der Waals surface area contributed by atoms with Crippen molar-refractivity contribution in [2.45, 2.75) is 0 Å². The molecule has 4 aromatic rings. The highest BCUT2D eigenvalue weighted by molar-refractivity contribution is 6.30. The smallest absolute Gasteiger partial charge is 0.297 e. The van der Waals surface area contributed by atoms with Gasteiger partial charge in [0.1, 0.15) is 12.0 Å². The second-order valence-corrected chi connectivity index (χ2v) is 6.80. The maximum absolute atomic E-state index is 6.06. The maximum atomic E-state index is 6.06. The van der Waals surface area contributed by atoms with E-state index < -0.39 is 0 Å². The Morgan fingerprint density at radius 2 is 1.76 bits per heavy atom. The lowest BCUT2D eigenvalue weighted by molar-refractivity contribution is 0.499. The third-order valence-electron chi connectivity index (χ3n) is 4.65. The molecule has 10 heteroatoms. The molecule has 1 saturated heterocycles. The molecular formula is C19H19Cl3N6O. The molecule has 3 aromatic heterocycles. The Balaban J connectivity index is 0.00000120. The fraction of sp³-hybridized carbons (Fsp3) is 0.211. The number of halogens is 3. The number of nitrogens with one attached hydrogen (secondary N) is 1. The van der Waals surface area contributed by atoms with E-state index in [2.05, 4.69) is 15.2 Å². The van der Waals surface area contributed by atoms with Crippen LogP contribution in [0.5, 0.6) is 0 Å². The minimum absolute atomic E-state index is 0. The van der Waals surface area contributed by atoms with Gasteiger partial charge in [0.25, 0.3) is 6.01 Å². The van der Waals surface area contributed by atoms with Crippen LogP contribution in [0.1, 0.15) is 0 Å². The van der Waals surface area contributed by atoms with Crippen LogP contribution < -0.4 is 10.2 Å². The number of aromatic nitrogens is 4. The number of hydrogen-bond acceptors (Lipinski definition) is 6. The van der Waals surface area contributed by atoms with Gasteiger partial charge in [-0.1, -0.05) is 11.6 Å². The van der Waals surface area contributed by atoms with E-state index in [1.54, 1.807) is 18.7 Å². The summed E-state index contributed by atoms with van der Waals surface area (Å²) < 4.78 is 7.79. The van der Waals surface area contributed by atoms with Crippen LogP contribution in [0.15, 0.2) is 53.4 Å². The third kappa shape index (κ3) is 4.04. The van der Waals surface area contributed by atoms with Gasteiger partial charge in [-0.2, -0.15) is 4.98 Å². The minimum Gasteiger partial charge on any atom is -0.431 e. The van der Waals surface area contributed by atoms with Gasteiger partial charge in [0.2, 0.25) is 0 Å². The normalized spacial score (nSPS) is 13.8. The van der Waals surface area contributed by atoms with Gasteiger partial charge in [0, 0.05) is 43.1 Å². The number of benzene rings is 1. The molecule has 4 heterocycles. The van der Waals surface area contributed by atoms with Crippen molar-refractivity contribution < 1.29 is 4.42 Å². The molecule has 1 aliphatic heterocycles. The molecule has 1 aliphatic rings. The Labute approximate surface area is 184 Å². The van der Waals surface area contributed by atoms with Gasteiger partial charge in [-0.25, -0.2) is 4.98 Å². The molecule has 0 bridgehead atoms. The molecule has 152 valence electrons. The number of hydrogen-bond donors (Lipinski definition) is 1. The van der Waals surface area contributed by atoms with Crippen molar-refractivity contribution in [2.24, 2.45) is 0 Å². The van der Waals surface area contributed by atoms with E-state index in [-0.39, 0.29) is 24.8 Å². The van der Waals surface area contributed by atoms with Gasteiger partial charge < -0.3 is 14.6 Å². The van der Waals surface area contributed by atoms with Crippen molar-refractivity contribution in [3.8, 4) is 17.2 Å². The van der Waals surface area contributed by atoms with Gasteiger partial charge in [0.05, 0.1) is 17.2 Å². The Morgan fingerprint density at radius 3 is 2.52 bits per heavy atom. The van der Waals surface area contributed by atoms with E-state index >= 15 is 0 Å². The van der Waals surface area contributed by atoms with Crippen LogP contribution in [-0.4, -0.2) is 45.7 Å². The highest BCUT2D eigenvalue weighted by Crippen LogP contribution is 2.29. The zero-order valence-electron chi connectivity index (χ0n) is 15.3. The molecule has 29 heavy (non-hydrogen) atoms. The van der Waals surface area contributed by atoms with E-state index in [1.165, 1.54) is 0 Å². The van der Waals surface area contributed by atoms with E-state index in [9.17, 15) is 0 Å². The number of piperazine rings is 1. The summed E-state index contributed by atoms with van der Waals surface area (Å²) in [7, 11) is 0. The van der Waals surface area contributed by atoms with Gasteiger partial charge in [-0.05, 0) is 30.3 Å². The lowest BCUT2D eigenvalue weighted by Crippen LogP contribution is -2.43. The summed E-state index contributed by atoms with van der Waals surface area (Å²) in [6.45, 7) is 3.59. The molecule has 1 aromatic carbocycles. The van der Waals surface area contributed by atoms with Crippen molar-refractivity contribution in [1.82, 2.24) is 24.8 Å². The monoisotopic (exact) mass is 452 g/mol. The summed E-state index contributed by atoms with van der Waals surface area (Å²) in [6.07, 6.45) is 5.20. The lowest BCUT2D eigenvalue weighted by atomic mass is 10.3. The second kappa shape index (κ2) is 9.00. The average molecular weight is 454 g/mol. The van der Waals surface area contributed by atoms with Crippen LogP contribution in [0.4, 0.5) is 6.01 Å². The maximum Gasteiger partial charge on any atom is 0.297 e. The van der Waals surface area contributed by atoms with E-state index in [0.29, 0.717) is 22.6 Å². The van der Waals surface area contributed by atoms with Crippen LogP contribution in [0, 0.1) is 0 Å². The predicted octanol–water partition coefficient (Wildman–Crippen LogP) is 3.98. The number of imidazole rings is 1. The number of pyridine rings is 1. The standard InChI is InChI=1S/C19H17ClN6O.2ClH/c20-13-1-3-14(4-2-13)26-17-11-22-6-5-15(17)23-18(26)16-12-27-19(24-16)25-9-7-21-8-10-25;;/h1-6,11-12,21H,7-10H2;2*1H. The van der Waals surface area contributed by atoms with Crippen molar-refractivity contribution in [2.75, 3.05) is 31.1 Å². The number of fused-ring (bicyclic) bond motifs is 1.